The van der Waals surface area contributed by atoms with E-state index in [1.807, 2.05) is 118 Å². The van der Waals surface area contributed by atoms with Crippen molar-refractivity contribution in [3.05, 3.63) is 188 Å². The minimum absolute atomic E-state index is 0. The molecule has 0 aliphatic heterocycles. The predicted molar refractivity (Wildman–Crippen MR) is 229 cm³/mol. The summed E-state index contributed by atoms with van der Waals surface area (Å²) in [4.78, 5) is 17.2. The summed E-state index contributed by atoms with van der Waals surface area (Å²) in [5.74, 6) is 0.678. The van der Waals surface area contributed by atoms with Crippen molar-refractivity contribution in [1.29, 1.82) is 0 Å². The Kier molecular flexibility index (Phi) is 10.2. The fraction of sp³-hybridized carbons (Fsp3) is 0. The molecule has 0 aliphatic rings. The van der Waals surface area contributed by atoms with E-state index < -0.39 is 11.9 Å². The zero-order valence-corrected chi connectivity index (χ0v) is 36.8. The Morgan fingerprint density at radius 3 is 1.16 bits per heavy atom. The van der Waals surface area contributed by atoms with Gasteiger partial charge < -0.3 is 23.2 Å². The maximum Gasteiger partial charge on any atom is 2.00 e. The number of benzene rings is 6. The van der Waals surface area contributed by atoms with Gasteiger partial charge in [-0.1, -0.05) is 70.6 Å². The number of pyridine rings is 2. The molecule has 9 nitrogen and oxygen atoms in total. The predicted octanol–water partition coefficient (Wildman–Crippen LogP) is 11.6. The Morgan fingerprint density at radius 2 is 0.762 bits per heavy atom. The van der Waals surface area contributed by atoms with Crippen molar-refractivity contribution in [2.45, 2.75) is 0 Å². The molecule has 6 aromatic carbocycles. The Labute approximate surface area is 385 Å². The third-order valence-corrected chi connectivity index (χ3v) is 10.7. The van der Waals surface area contributed by atoms with E-state index in [1.165, 1.54) is 4.57 Å². The Hall–Kier alpha value is -7.06. The molecule has 0 unspecified atom stereocenters. The van der Waals surface area contributed by atoms with Crippen LogP contribution in [0, 0.1) is 36.2 Å². The molecule has 0 radical (unpaired) electrons. The first-order valence-corrected chi connectivity index (χ1v) is 19.3. The van der Waals surface area contributed by atoms with Crippen molar-refractivity contribution >= 4 is 65.4 Å². The molecule has 0 saturated carbocycles. The first-order chi connectivity index (χ1) is 30.0. The second kappa shape index (κ2) is 16.0. The van der Waals surface area contributed by atoms with Gasteiger partial charge in [-0.25, -0.2) is 9.97 Å². The summed E-state index contributed by atoms with van der Waals surface area (Å²) in [6.07, 6.45) is 3.50. The zero-order valence-electron chi connectivity index (χ0n) is 32.3. The van der Waals surface area contributed by atoms with Crippen LogP contribution < -0.4 is 9.47 Å². The summed E-state index contributed by atoms with van der Waals surface area (Å²) in [5.41, 5.74) is 4.34. The number of ether oxygens (including phenoxy) is 2. The molecule has 63 heavy (non-hydrogen) atoms. The number of nitrogens with zero attached hydrogens (tertiary/aromatic N) is 7. The molecule has 0 fully saturated rings. The van der Waals surface area contributed by atoms with E-state index in [9.17, 15) is 8.78 Å². The molecule has 13 heteroatoms. The van der Waals surface area contributed by atoms with Crippen LogP contribution in [0.1, 0.15) is 0 Å². The van der Waals surface area contributed by atoms with Crippen molar-refractivity contribution in [3.63, 3.8) is 0 Å². The smallest absolute Gasteiger partial charge is 0.509 e. The molecule has 306 valence electrons. The molecular formula is C50H25F2N7O2Pt2. The number of hydrogen-bond donors (Lipinski definition) is 0. The Morgan fingerprint density at radius 1 is 0.397 bits per heavy atom. The van der Waals surface area contributed by atoms with Gasteiger partial charge in [-0.2, -0.15) is 53.8 Å². The average molecular weight is 1180 g/mol. The van der Waals surface area contributed by atoms with Crippen LogP contribution in [0.3, 0.4) is 0 Å². The van der Waals surface area contributed by atoms with Crippen LogP contribution in [0.2, 0.25) is 0 Å². The van der Waals surface area contributed by atoms with Crippen LogP contribution in [-0.4, -0.2) is 33.6 Å². The van der Waals surface area contributed by atoms with Crippen molar-refractivity contribution in [2.24, 2.45) is 0 Å². The second-order valence-electron chi connectivity index (χ2n) is 14.3. The van der Waals surface area contributed by atoms with E-state index in [4.69, 9.17) is 9.47 Å². The third-order valence-electron chi connectivity index (χ3n) is 10.7. The molecule has 12 rings (SSSR count). The summed E-state index contributed by atoms with van der Waals surface area (Å²) in [6.45, 7) is 0. The molecular weight excluding hydrogens is 1160 g/mol. The fourth-order valence-electron chi connectivity index (χ4n) is 8.18. The van der Waals surface area contributed by atoms with E-state index in [2.05, 4.69) is 56.3 Å². The summed E-state index contributed by atoms with van der Waals surface area (Å²) >= 11 is 0. The van der Waals surface area contributed by atoms with Crippen LogP contribution in [0.15, 0.2) is 152 Å². The third kappa shape index (κ3) is 6.76. The van der Waals surface area contributed by atoms with Gasteiger partial charge in [-0.05, 0) is 47.2 Å². The van der Waals surface area contributed by atoms with Gasteiger partial charge >= 0.3 is 42.1 Å². The SMILES string of the molecule is Fc1cc(F)nc(-n2c3[c-]c(Oc4[c-]c5c(cc4)c4ccccc4n5-c4ccccn4)ccc3c3ccc(Oc4[c-]c5c(cc4)c4ccccc4n5-c4ccccn4)[c-]c32)n1.[Pt+2].[Pt+2]. The maximum atomic E-state index is 14.8. The van der Waals surface area contributed by atoms with Crippen LogP contribution >= 0.6 is 0 Å². The average Bonchev–Trinajstić information content (AvgIpc) is 3.91. The van der Waals surface area contributed by atoms with Gasteiger partial charge in [0.2, 0.25) is 17.8 Å². The molecule has 0 saturated heterocycles. The van der Waals surface area contributed by atoms with E-state index in [0.29, 0.717) is 50.9 Å². The molecule has 0 amide bonds. The summed E-state index contributed by atoms with van der Waals surface area (Å²) in [5, 5.41) is 5.47. The van der Waals surface area contributed by atoms with Gasteiger partial charge in [0.1, 0.15) is 11.6 Å². The number of hydrogen-bond acceptors (Lipinski definition) is 6. The monoisotopic (exact) mass is 1180 g/mol. The number of para-hydroxylation sites is 2. The second-order valence-corrected chi connectivity index (χ2v) is 14.3. The van der Waals surface area contributed by atoms with Crippen LogP contribution in [0.4, 0.5) is 8.78 Å². The molecule has 0 bridgehead atoms. The summed E-state index contributed by atoms with van der Waals surface area (Å²) < 4.78 is 48.0. The van der Waals surface area contributed by atoms with Gasteiger partial charge in [-0.3, -0.25) is 0 Å². The molecule has 0 aliphatic carbocycles. The molecule has 6 aromatic heterocycles. The first kappa shape index (κ1) is 40.0. The molecule has 6 heterocycles. The molecule has 0 N–H and O–H groups in total. The maximum absolute atomic E-state index is 14.8. The van der Waals surface area contributed by atoms with Gasteiger partial charge in [0.25, 0.3) is 0 Å². The van der Waals surface area contributed by atoms with Gasteiger partial charge in [0, 0.05) is 52.5 Å². The van der Waals surface area contributed by atoms with Crippen LogP contribution in [0.25, 0.3) is 83.0 Å². The zero-order chi connectivity index (χ0) is 40.6. The number of fused-ring (bicyclic) bond motifs is 9. The number of halogens is 2. The van der Waals surface area contributed by atoms with Gasteiger partial charge in [-0.15, -0.1) is 59.3 Å². The van der Waals surface area contributed by atoms with E-state index in [-0.39, 0.29) is 48.1 Å². The Bertz CT molecular complexity index is 3470. The van der Waals surface area contributed by atoms with E-state index in [1.54, 1.807) is 24.5 Å². The van der Waals surface area contributed by atoms with Gasteiger partial charge in [0.15, 0.2) is 0 Å². The van der Waals surface area contributed by atoms with Crippen molar-refractivity contribution in [2.75, 3.05) is 0 Å². The number of aromatic nitrogens is 7. The molecule has 0 atom stereocenters. The van der Waals surface area contributed by atoms with Crippen molar-refractivity contribution in [3.8, 4) is 40.6 Å². The largest absolute Gasteiger partial charge is 2.00 e. The quantitative estimate of drug-likeness (QED) is 0.117. The topological polar surface area (TPSA) is 84.8 Å². The summed E-state index contributed by atoms with van der Waals surface area (Å²) in [6, 6.07) is 56.8. The van der Waals surface area contributed by atoms with E-state index >= 15 is 0 Å². The fourth-order valence-corrected chi connectivity index (χ4v) is 8.18. The van der Waals surface area contributed by atoms with Crippen molar-refractivity contribution in [1.82, 2.24) is 33.6 Å². The van der Waals surface area contributed by atoms with Gasteiger partial charge in [0.05, 0.1) is 0 Å². The van der Waals surface area contributed by atoms with E-state index in [0.717, 1.165) is 55.2 Å². The van der Waals surface area contributed by atoms with Crippen LogP contribution in [0.5, 0.6) is 23.0 Å². The summed E-state index contributed by atoms with van der Waals surface area (Å²) in [7, 11) is 0. The van der Waals surface area contributed by atoms with Crippen LogP contribution in [-0.2, 0) is 42.1 Å². The minimum atomic E-state index is -1.03. The Balaban J connectivity index is 0.00000236. The standard InChI is InChI=1S/C50H25F2N7O2.2Pt/c51-46-29-47(52)56-50(55-46)59-44-27-32(60-30-15-19-36-34-9-1-3-11-40(34)57(42(36)25-30)48-13-5-7-23-53-48)17-21-38(44)39-22-18-33(28-45(39)59)61-31-16-20-37-35-10-2-4-12-41(35)58(43(37)26-31)49-14-6-8-24-54-49;;/h1-24,29H;;/q-4;2*+2. The minimum Gasteiger partial charge on any atom is -0.509 e. The normalized spacial score (nSPS) is 11.4. The van der Waals surface area contributed by atoms with Crippen molar-refractivity contribution < 1.29 is 60.4 Å². The molecule has 12 aromatic rings. The molecule has 0 spiro atoms. The first-order valence-electron chi connectivity index (χ1n) is 19.3. The number of rotatable bonds is 7.